The molecule has 0 aliphatic carbocycles. The van der Waals surface area contributed by atoms with Crippen molar-refractivity contribution in [2.45, 2.75) is 104 Å². The van der Waals surface area contributed by atoms with Crippen LogP contribution in [0.1, 0.15) is 98.4 Å². The van der Waals surface area contributed by atoms with E-state index in [2.05, 4.69) is 139 Å². The van der Waals surface area contributed by atoms with Gasteiger partial charge in [0.2, 0.25) is 0 Å². The second-order valence-corrected chi connectivity index (χ2v) is 8.16. The van der Waals surface area contributed by atoms with Crippen molar-refractivity contribution in [2.24, 2.45) is 20.4 Å². The maximum Gasteiger partial charge on any atom is 0.0487 e. The number of benzene rings is 3. The molecule has 0 amide bonds. The molecule has 0 saturated carbocycles. The van der Waals surface area contributed by atoms with Crippen LogP contribution < -0.4 is 0 Å². The minimum Gasteiger partial charge on any atom is -0.376 e. The van der Waals surface area contributed by atoms with Crippen molar-refractivity contribution in [2.75, 3.05) is 14.1 Å². The van der Waals surface area contributed by atoms with Crippen molar-refractivity contribution < 1.29 is 46.9 Å². The number of hydrogen-bond acceptors (Lipinski definition) is 4. The quantitative estimate of drug-likeness (QED) is 0.0821. The molecule has 0 bridgehead atoms. The Morgan fingerprint density at radius 1 is 0.523 bits per heavy atom. The monoisotopic (exact) mass is 761 g/mol. The molecule has 0 aliphatic heterocycles. The summed E-state index contributed by atoms with van der Waals surface area (Å²) in [5.74, 6) is 5.36. The Morgan fingerprint density at radius 3 is 0.886 bits per heavy atom. The number of hydrogen-bond donors (Lipinski definition) is 0. The zero-order valence-electron chi connectivity index (χ0n) is 31.0. The summed E-state index contributed by atoms with van der Waals surface area (Å²) in [6.45, 7) is 29.5. The molecule has 0 unspecified atom stereocenters. The second kappa shape index (κ2) is 45.1. The van der Waals surface area contributed by atoms with Gasteiger partial charge in [0.15, 0.2) is 0 Å². The van der Waals surface area contributed by atoms with Gasteiger partial charge in [0, 0.05) is 66.7 Å². The summed E-state index contributed by atoms with van der Waals surface area (Å²) in [6, 6.07) is 25.7. The third-order valence-corrected chi connectivity index (χ3v) is 4.45. The van der Waals surface area contributed by atoms with Crippen molar-refractivity contribution in [3.05, 3.63) is 95.1 Å². The summed E-state index contributed by atoms with van der Waals surface area (Å²) in [5, 5.41) is 13.9. The molecule has 0 saturated heterocycles. The first-order valence-electron chi connectivity index (χ1n) is 15.2. The molecule has 0 aromatic heterocycles. The Kier molecular flexibility index (Phi) is 55.5. The van der Waals surface area contributed by atoms with Crippen LogP contribution in [0, 0.1) is 86.5 Å². The molecular formula is C39H63N4Yb-. The molecule has 3 aromatic rings. The van der Waals surface area contributed by atoms with Crippen LogP contribution in [-0.4, -0.2) is 26.0 Å². The first kappa shape index (κ1) is 54.2. The molecule has 0 spiro atoms. The molecule has 3 aromatic carbocycles. The van der Waals surface area contributed by atoms with Gasteiger partial charge >= 0.3 is 0 Å². The first-order valence-corrected chi connectivity index (χ1v) is 15.2. The van der Waals surface area contributed by atoms with Gasteiger partial charge in [0.05, 0.1) is 0 Å². The van der Waals surface area contributed by atoms with E-state index in [0.717, 1.165) is 5.71 Å². The average molecular weight is 761 g/mol. The normalized spacial score (nSPS) is 8.02. The number of azo groups is 1. The van der Waals surface area contributed by atoms with Gasteiger partial charge in [-0.1, -0.05) is 137 Å². The van der Waals surface area contributed by atoms with E-state index in [9.17, 15) is 0 Å². The van der Waals surface area contributed by atoms with Crippen LogP contribution in [0.15, 0.2) is 93.2 Å². The van der Waals surface area contributed by atoms with Crippen LogP contribution in [0.5, 0.6) is 0 Å². The Bertz CT molecular complexity index is 1020. The summed E-state index contributed by atoms with van der Waals surface area (Å²) in [4.78, 5) is 0. The van der Waals surface area contributed by atoms with Gasteiger partial charge in [0.1, 0.15) is 0 Å². The Morgan fingerprint density at radius 2 is 0.750 bits per heavy atom. The van der Waals surface area contributed by atoms with Gasteiger partial charge in [-0.15, -0.1) is 11.8 Å². The van der Waals surface area contributed by atoms with Gasteiger partial charge in [-0.05, 0) is 66.5 Å². The predicted octanol–water partition coefficient (Wildman–Crippen LogP) is 12.4. The molecule has 5 heteroatoms. The third-order valence-electron chi connectivity index (χ3n) is 4.45. The van der Waals surface area contributed by atoms with Crippen LogP contribution in [0.25, 0.3) is 11.1 Å². The smallest absolute Gasteiger partial charge is 0.0487 e. The van der Waals surface area contributed by atoms with E-state index in [-0.39, 0.29) is 46.9 Å². The van der Waals surface area contributed by atoms with Crippen LogP contribution in [0.4, 0.5) is 0 Å². The third kappa shape index (κ3) is 41.8. The first-order chi connectivity index (χ1) is 20.6. The molecule has 44 heavy (non-hydrogen) atoms. The number of nitrogens with zero attached hydrogens (tertiary/aromatic N) is 4. The molecular weight excluding hydrogens is 697 g/mol. The molecule has 0 heterocycles. The van der Waals surface area contributed by atoms with E-state index >= 15 is 0 Å². The van der Waals surface area contributed by atoms with Crippen molar-refractivity contribution in [3.8, 4) is 23.0 Å². The zero-order valence-corrected chi connectivity index (χ0v) is 32.7. The predicted molar refractivity (Wildman–Crippen MR) is 199 cm³/mol. The fraction of sp³-hybridized carbons (Fsp3) is 0.436. The molecule has 0 fully saturated rings. The number of rotatable bonds is 2. The molecule has 0 atom stereocenters. The molecule has 254 valence electrons. The van der Waals surface area contributed by atoms with E-state index in [1.54, 1.807) is 21.0 Å². The van der Waals surface area contributed by atoms with E-state index in [4.69, 9.17) is 0 Å². The molecule has 3 rings (SSSR count). The standard InChI is InChI=1S/C14H14.C8H10.C5H9N2.C4H6.C2H6N2.3C2H6.Yb/c1-11-3-7-13(8-4-11)14-9-5-12(2)6-10-14;1-7-3-5-8(2)6-4-7;1-4-6-7-5(2)3;2*1-3-4-2;3*1-2;/h3-10H,1-2H3;3-6H,1-2H3;1-3H3;2*1-2H3;3*1-2H3;/q;;-1;;;;;;. The van der Waals surface area contributed by atoms with Crippen molar-refractivity contribution in [1.29, 1.82) is 0 Å². The van der Waals surface area contributed by atoms with Crippen molar-refractivity contribution in [1.82, 2.24) is 0 Å². The van der Waals surface area contributed by atoms with Crippen LogP contribution in [0.2, 0.25) is 0 Å². The summed E-state index contributed by atoms with van der Waals surface area (Å²) < 4.78 is 0. The average Bonchev–Trinajstić information content (AvgIpc) is 3.06. The van der Waals surface area contributed by atoms with Crippen LogP contribution in [-0.2, 0) is 0 Å². The Hall–Kier alpha value is -2.32. The summed E-state index contributed by atoms with van der Waals surface area (Å²) in [6.07, 6.45) is 2.54. The van der Waals surface area contributed by atoms with Gasteiger partial charge < -0.3 is 11.3 Å². The van der Waals surface area contributed by atoms with Crippen molar-refractivity contribution in [3.63, 3.8) is 0 Å². The van der Waals surface area contributed by atoms with Crippen molar-refractivity contribution >= 4 is 11.9 Å². The minimum absolute atomic E-state index is 0. The van der Waals surface area contributed by atoms with Gasteiger partial charge in [-0.25, -0.2) is 0 Å². The zero-order chi connectivity index (χ0) is 34.5. The van der Waals surface area contributed by atoms with Crippen LogP contribution >= 0.6 is 0 Å². The fourth-order valence-electron chi connectivity index (χ4n) is 2.28. The maximum absolute atomic E-state index is 3.67. The minimum atomic E-state index is 0. The van der Waals surface area contributed by atoms with Gasteiger partial charge in [0.25, 0.3) is 0 Å². The summed E-state index contributed by atoms with van der Waals surface area (Å²) >= 11 is 0. The maximum atomic E-state index is 3.67. The Labute approximate surface area is 312 Å². The Balaban J connectivity index is -0.000000105. The van der Waals surface area contributed by atoms with Crippen LogP contribution in [0.3, 0.4) is 0 Å². The van der Waals surface area contributed by atoms with E-state index in [1.807, 2.05) is 69.2 Å². The fourth-order valence-corrected chi connectivity index (χ4v) is 2.28. The van der Waals surface area contributed by atoms with E-state index in [1.165, 1.54) is 33.4 Å². The number of aryl methyl sites for hydroxylation is 4. The molecule has 0 N–H and O–H groups in total. The summed E-state index contributed by atoms with van der Waals surface area (Å²) in [7, 11) is 3.28. The van der Waals surface area contributed by atoms with E-state index < -0.39 is 0 Å². The molecule has 0 aliphatic rings. The topological polar surface area (TPSA) is 49.4 Å². The molecule has 0 radical (unpaired) electrons. The van der Waals surface area contributed by atoms with Gasteiger partial charge in [-0.2, -0.15) is 22.3 Å². The van der Waals surface area contributed by atoms with E-state index in [0.29, 0.717) is 0 Å². The largest absolute Gasteiger partial charge is 0.376 e. The SMILES string of the molecule is CC.CC.CC.CC#CC.CN=NC.C[C-]=NN=C(C)C.Cc1ccc(-c2ccc(C)cc2)cc1.Cc1ccc(C)cc1.[Yb]. The molecule has 4 nitrogen and oxygen atoms in total. The second-order valence-electron chi connectivity index (χ2n) is 8.16. The van der Waals surface area contributed by atoms with Gasteiger partial charge in [-0.3, -0.25) is 0 Å². The summed E-state index contributed by atoms with van der Waals surface area (Å²) in [5.41, 5.74) is 8.80.